The molecule has 0 saturated heterocycles. The number of aryl methyl sites for hydroxylation is 1. The zero-order valence-corrected chi connectivity index (χ0v) is 20.5. The molecule has 0 unspecified atom stereocenters. The Kier molecular flexibility index (Phi) is 8.57. The first kappa shape index (κ1) is 28.5. The van der Waals surface area contributed by atoms with Crippen LogP contribution in [0.5, 0.6) is 0 Å². The number of hydrogen-bond donors (Lipinski definition) is 3. The van der Waals surface area contributed by atoms with E-state index in [9.17, 15) is 31.1 Å². The molecular formula is C21H20ClF6N5O3S. The minimum atomic E-state index is -5.08. The summed E-state index contributed by atoms with van der Waals surface area (Å²) in [5.41, 5.74) is 0.115. The number of rotatable bonds is 4. The lowest BCUT2D eigenvalue weighted by Crippen LogP contribution is -2.41. The highest BCUT2D eigenvalue weighted by molar-refractivity contribution is 7.23. The third-order valence-corrected chi connectivity index (χ3v) is 6.60. The lowest BCUT2D eigenvalue weighted by Gasteiger charge is -2.31. The SMILES string of the molecule is Cn1cc(C(=O)N[C@@H]2CCC[C@H](Nc3cc(C(F)(F)F)nc4cc(Cl)sc34)C2)cn1.O=C(O)C(F)(F)F. The van der Waals surface area contributed by atoms with Crippen LogP contribution in [0.15, 0.2) is 24.5 Å². The Labute approximate surface area is 214 Å². The molecular weight excluding hydrogens is 552 g/mol. The molecule has 0 spiro atoms. The summed E-state index contributed by atoms with van der Waals surface area (Å²) in [5.74, 6) is -2.96. The quantitative estimate of drug-likeness (QED) is 0.358. The Morgan fingerprint density at radius 3 is 2.38 bits per heavy atom. The van der Waals surface area contributed by atoms with Gasteiger partial charge in [-0.15, -0.1) is 11.3 Å². The largest absolute Gasteiger partial charge is 0.490 e. The number of aliphatic carboxylic acids is 1. The molecule has 1 fully saturated rings. The first-order valence-corrected chi connectivity index (χ1v) is 11.9. The van der Waals surface area contributed by atoms with Crippen LogP contribution in [0.3, 0.4) is 0 Å². The standard InChI is InChI=1S/C19H19ClF3N5OS.C2HF3O2/c1-28-9-10(8-24-28)18(29)26-12-4-2-3-11(5-12)25-13-6-15(19(21,22)23)27-14-7-16(20)30-17(13)14;3-2(4,5)1(6)7/h6-9,11-12H,2-5H2,1H3,(H,25,27)(H,26,29);(H,6,7)/t11-,12+;/m0./s1. The molecule has 8 nitrogen and oxygen atoms in total. The molecule has 3 aromatic rings. The fourth-order valence-corrected chi connectivity index (χ4v) is 4.86. The van der Waals surface area contributed by atoms with Crippen LogP contribution in [0, 0.1) is 0 Å². The van der Waals surface area contributed by atoms with Gasteiger partial charge in [-0.05, 0) is 37.8 Å². The number of thiophene rings is 1. The fourth-order valence-electron chi connectivity index (χ4n) is 3.72. The highest BCUT2D eigenvalue weighted by atomic mass is 35.5. The second-order valence-corrected chi connectivity index (χ2v) is 9.89. The molecule has 1 saturated carbocycles. The van der Waals surface area contributed by atoms with Gasteiger partial charge in [0.15, 0.2) is 0 Å². The lowest BCUT2D eigenvalue weighted by atomic mass is 9.90. The van der Waals surface area contributed by atoms with Crippen molar-refractivity contribution in [3.63, 3.8) is 0 Å². The number of alkyl halides is 6. The first-order chi connectivity index (χ1) is 17.1. The van der Waals surface area contributed by atoms with Crippen LogP contribution >= 0.6 is 22.9 Å². The van der Waals surface area contributed by atoms with Crippen LogP contribution in [0.25, 0.3) is 10.2 Å². The second kappa shape index (κ2) is 11.1. The van der Waals surface area contributed by atoms with Gasteiger partial charge in [-0.3, -0.25) is 9.48 Å². The number of pyridine rings is 1. The molecule has 3 aromatic heterocycles. The van der Waals surface area contributed by atoms with Gasteiger partial charge < -0.3 is 15.7 Å². The Bertz CT molecular complexity index is 1280. The van der Waals surface area contributed by atoms with Crippen LogP contribution in [-0.2, 0) is 18.0 Å². The summed E-state index contributed by atoms with van der Waals surface area (Å²) in [6.07, 6.45) is -3.43. The molecule has 4 rings (SSSR count). The molecule has 3 N–H and O–H groups in total. The molecule has 0 aromatic carbocycles. The predicted molar refractivity (Wildman–Crippen MR) is 124 cm³/mol. The molecule has 3 heterocycles. The molecule has 37 heavy (non-hydrogen) atoms. The number of nitrogens with zero attached hydrogens (tertiary/aromatic N) is 3. The molecule has 0 aliphatic heterocycles. The van der Waals surface area contributed by atoms with E-state index in [-0.39, 0.29) is 23.5 Å². The minimum absolute atomic E-state index is 0.0738. The number of aromatic nitrogens is 3. The summed E-state index contributed by atoms with van der Waals surface area (Å²) in [7, 11) is 1.73. The van der Waals surface area contributed by atoms with Crippen molar-refractivity contribution in [1.82, 2.24) is 20.1 Å². The van der Waals surface area contributed by atoms with Crippen LogP contribution in [0.1, 0.15) is 41.7 Å². The van der Waals surface area contributed by atoms with Gasteiger partial charge in [0.25, 0.3) is 5.91 Å². The smallest absolute Gasteiger partial charge is 0.475 e. The van der Waals surface area contributed by atoms with Crippen LogP contribution in [-0.4, -0.2) is 50.0 Å². The average molecular weight is 572 g/mol. The molecule has 2 atom stereocenters. The lowest BCUT2D eigenvalue weighted by molar-refractivity contribution is -0.192. The Balaban J connectivity index is 0.000000479. The van der Waals surface area contributed by atoms with E-state index in [1.807, 2.05) is 0 Å². The summed E-state index contributed by atoms with van der Waals surface area (Å²) in [5, 5.41) is 17.4. The average Bonchev–Trinajstić information content (AvgIpc) is 3.38. The summed E-state index contributed by atoms with van der Waals surface area (Å²) in [6, 6.07) is 2.33. The van der Waals surface area contributed by atoms with Crippen LogP contribution < -0.4 is 10.6 Å². The number of carbonyl (C=O) groups excluding carboxylic acids is 1. The number of carboxylic acids is 1. The number of nitrogens with one attached hydrogen (secondary N) is 2. The molecule has 1 aliphatic carbocycles. The number of hydrogen-bond acceptors (Lipinski definition) is 6. The van der Waals surface area contributed by atoms with Gasteiger partial charge >= 0.3 is 18.3 Å². The van der Waals surface area contributed by atoms with E-state index in [0.717, 1.165) is 25.3 Å². The first-order valence-electron chi connectivity index (χ1n) is 10.7. The monoisotopic (exact) mass is 571 g/mol. The second-order valence-electron chi connectivity index (χ2n) is 8.20. The van der Waals surface area contributed by atoms with E-state index in [1.54, 1.807) is 17.9 Å². The third-order valence-electron chi connectivity index (χ3n) is 5.32. The Hall–Kier alpha value is -3.07. The Morgan fingerprint density at radius 2 is 1.81 bits per heavy atom. The van der Waals surface area contributed by atoms with Gasteiger partial charge in [0, 0.05) is 25.3 Å². The van der Waals surface area contributed by atoms with Crippen molar-refractivity contribution >= 4 is 50.7 Å². The summed E-state index contributed by atoms with van der Waals surface area (Å²) >= 11 is 7.21. The van der Waals surface area contributed by atoms with Crippen LogP contribution in [0.4, 0.5) is 32.0 Å². The normalized spacial score (nSPS) is 18.2. The summed E-state index contributed by atoms with van der Waals surface area (Å²) in [6.45, 7) is 0. The zero-order valence-electron chi connectivity index (χ0n) is 19.0. The van der Waals surface area contributed by atoms with E-state index in [1.165, 1.54) is 23.6 Å². The number of carbonyl (C=O) groups is 2. The topological polar surface area (TPSA) is 109 Å². The molecule has 1 aliphatic rings. The third kappa shape index (κ3) is 7.71. The van der Waals surface area contributed by atoms with Gasteiger partial charge in [-0.1, -0.05) is 11.6 Å². The van der Waals surface area contributed by atoms with E-state index in [4.69, 9.17) is 21.5 Å². The van der Waals surface area contributed by atoms with Crippen molar-refractivity contribution in [3.8, 4) is 0 Å². The van der Waals surface area contributed by atoms with Gasteiger partial charge in [-0.25, -0.2) is 9.78 Å². The van der Waals surface area contributed by atoms with Gasteiger partial charge in [0.05, 0.1) is 32.0 Å². The van der Waals surface area contributed by atoms with E-state index < -0.39 is 24.0 Å². The predicted octanol–water partition coefficient (Wildman–Crippen LogP) is 5.49. The van der Waals surface area contributed by atoms with Crippen molar-refractivity contribution in [2.75, 3.05) is 5.32 Å². The number of fused-ring (bicyclic) bond motifs is 1. The number of halogens is 7. The van der Waals surface area contributed by atoms with Crippen molar-refractivity contribution in [1.29, 1.82) is 0 Å². The van der Waals surface area contributed by atoms with Gasteiger partial charge in [0.1, 0.15) is 5.69 Å². The maximum absolute atomic E-state index is 13.3. The van der Waals surface area contributed by atoms with Crippen molar-refractivity contribution in [3.05, 3.63) is 40.1 Å². The van der Waals surface area contributed by atoms with Crippen LogP contribution in [0.2, 0.25) is 4.34 Å². The molecule has 0 radical (unpaired) electrons. The van der Waals surface area contributed by atoms with E-state index in [0.29, 0.717) is 26.7 Å². The van der Waals surface area contributed by atoms with Gasteiger partial charge in [-0.2, -0.15) is 31.4 Å². The highest BCUT2D eigenvalue weighted by Gasteiger charge is 2.38. The highest BCUT2D eigenvalue weighted by Crippen LogP contribution is 2.39. The molecule has 202 valence electrons. The zero-order chi connectivity index (χ0) is 27.5. The van der Waals surface area contributed by atoms with Crippen molar-refractivity contribution < 1.29 is 41.0 Å². The number of carboxylic acid groups (broad SMARTS) is 1. The Morgan fingerprint density at radius 1 is 1.16 bits per heavy atom. The minimum Gasteiger partial charge on any atom is -0.475 e. The maximum Gasteiger partial charge on any atom is 0.490 e. The molecule has 1 amide bonds. The summed E-state index contributed by atoms with van der Waals surface area (Å²) < 4.78 is 74.1. The van der Waals surface area contributed by atoms with E-state index in [2.05, 4.69) is 20.7 Å². The summed E-state index contributed by atoms with van der Waals surface area (Å²) in [4.78, 5) is 25.0. The van der Waals surface area contributed by atoms with Crippen molar-refractivity contribution in [2.24, 2.45) is 7.05 Å². The molecule has 16 heteroatoms. The fraction of sp³-hybridized carbons (Fsp3) is 0.429. The van der Waals surface area contributed by atoms with E-state index >= 15 is 0 Å². The number of amides is 1. The van der Waals surface area contributed by atoms with Crippen molar-refractivity contribution in [2.45, 2.75) is 50.1 Å². The molecule has 0 bridgehead atoms. The van der Waals surface area contributed by atoms with Gasteiger partial charge in [0.2, 0.25) is 0 Å². The number of anilines is 1. The maximum atomic E-state index is 13.3.